The Morgan fingerprint density at radius 2 is 1.65 bits per heavy atom. The number of nitrogens with zero attached hydrogens (tertiary/aromatic N) is 1. The molecule has 2 heterocycles. The maximum atomic E-state index is 8.35. The van der Waals surface area contributed by atoms with Crippen LogP contribution in [0.1, 0.15) is 26.7 Å². The van der Waals surface area contributed by atoms with Crippen molar-refractivity contribution in [2.45, 2.75) is 19.7 Å². The topological polar surface area (TPSA) is 12.9 Å². The van der Waals surface area contributed by atoms with Crippen molar-refractivity contribution in [3.05, 3.63) is 78.5 Å². The number of pyridine rings is 1. The van der Waals surface area contributed by atoms with E-state index < -0.39 is 5.89 Å². The van der Waals surface area contributed by atoms with E-state index >= 15 is 0 Å². The highest BCUT2D eigenvalue weighted by Gasteiger charge is 2.13. The molecule has 0 aliphatic rings. The molecule has 1 nitrogen and oxygen atoms in total. The molecule has 0 spiro atoms. The van der Waals surface area contributed by atoms with Crippen LogP contribution in [0.3, 0.4) is 0 Å². The zero-order valence-corrected chi connectivity index (χ0v) is 15.6. The first-order valence-corrected chi connectivity index (χ1v) is 9.64. The third-order valence-electron chi connectivity index (χ3n) is 5.00. The predicted molar refractivity (Wildman–Crippen MR) is 114 cm³/mol. The van der Waals surface area contributed by atoms with E-state index in [-0.39, 0.29) is 0 Å². The lowest BCUT2D eigenvalue weighted by Gasteiger charge is -2.08. The van der Waals surface area contributed by atoms with Crippen molar-refractivity contribution in [1.82, 2.24) is 4.98 Å². The molecule has 0 bridgehead atoms. The van der Waals surface area contributed by atoms with Crippen molar-refractivity contribution in [3.63, 3.8) is 0 Å². The lowest BCUT2D eigenvalue weighted by atomic mass is 10.0. The van der Waals surface area contributed by atoms with Crippen LogP contribution in [0, 0.1) is 0 Å². The molecular formula is C24H19NS. The van der Waals surface area contributed by atoms with Gasteiger partial charge in [0.2, 0.25) is 0 Å². The highest BCUT2D eigenvalue weighted by molar-refractivity contribution is 7.27. The minimum absolute atomic E-state index is 0.637. The van der Waals surface area contributed by atoms with Gasteiger partial charge in [-0.1, -0.05) is 68.4 Å². The predicted octanol–water partition coefficient (Wildman–Crippen LogP) is 7.39. The van der Waals surface area contributed by atoms with E-state index in [0.29, 0.717) is 0 Å². The number of thiophene rings is 1. The van der Waals surface area contributed by atoms with Crippen molar-refractivity contribution in [2.24, 2.45) is 0 Å². The highest BCUT2D eigenvalue weighted by atomic mass is 32.1. The molecule has 5 aromatic rings. The number of benzene rings is 3. The molecule has 0 unspecified atom stereocenters. The minimum atomic E-state index is -0.637. The molecule has 3 aromatic carbocycles. The molecule has 0 amide bonds. The third kappa shape index (κ3) is 2.33. The molecule has 0 saturated carbocycles. The second kappa shape index (κ2) is 5.93. The van der Waals surface area contributed by atoms with Gasteiger partial charge in [-0.3, -0.25) is 4.98 Å². The molecule has 5 rings (SSSR count). The number of fused-ring (bicyclic) bond motifs is 5. The summed E-state index contributed by atoms with van der Waals surface area (Å²) in [5, 5.41) is 5.15. The van der Waals surface area contributed by atoms with E-state index in [0.717, 1.165) is 16.8 Å². The fourth-order valence-corrected chi connectivity index (χ4v) is 4.98. The standard InChI is InChI=1S/C24H19NS/c1-15(2)17-12-13-25-22(14-17)21-9-5-8-19-20-11-10-16-6-3-4-7-18(16)23(20)26-24(19)21/h3-15H,1-2H3/i15D. The van der Waals surface area contributed by atoms with Crippen LogP contribution in [-0.4, -0.2) is 4.98 Å². The van der Waals surface area contributed by atoms with Gasteiger partial charge in [-0.05, 0) is 34.4 Å². The zero-order chi connectivity index (χ0) is 18.6. The van der Waals surface area contributed by atoms with Crippen molar-refractivity contribution < 1.29 is 1.37 Å². The zero-order valence-electron chi connectivity index (χ0n) is 15.8. The first kappa shape index (κ1) is 14.5. The van der Waals surface area contributed by atoms with Gasteiger partial charge in [0.15, 0.2) is 0 Å². The summed E-state index contributed by atoms with van der Waals surface area (Å²) in [6.07, 6.45) is 1.82. The second-order valence-electron chi connectivity index (χ2n) is 6.88. The molecule has 0 fully saturated rings. The van der Waals surface area contributed by atoms with Gasteiger partial charge in [-0.25, -0.2) is 0 Å². The number of rotatable bonds is 2. The summed E-state index contributed by atoms with van der Waals surface area (Å²) in [5.41, 5.74) is 3.06. The summed E-state index contributed by atoms with van der Waals surface area (Å²) in [6.45, 7) is 3.83. The van der Waals surface area contributed by atoms with Gasteiger partial charge < -0.3 is 0 Å². The maximum Gasteiger partial charge on any atom is 0.0719 e. The molecule has 26 heavy (non-hydrogen) atoms. The summed E-state index contributed by atoms with van der Waals surface area (Å²) in [7, 11) is 0. The van der Waals surface area contributed by atoms with Gasteiger partial charge in [0.05, 0.1) is 5.69 Å². The van der Waals surface area contributed by atoms with Crippen LogP contribution in [0.5, 0.6) is 0 Å². The van der Waals surface area contributed by atoms with Crippen molar-refractivity contribution >= 4 is 42.3 Å². The van der Waals surface area contributed by atoms with Gasteiger partial charge in [0, 0.05) is 33.3 Å². The molecule has 0 aliphatic carbocycles. The average Bonchev–Trinajstić information content (AvgIpc) is 3.07. The SMILES string of the molecule is [2H]C(C)(C)c1ccnc(-c2cccc3c2sc2c4ccccc4ccc32)c1. The fraction of sp³-hybridized carbons (Fsp3) is 0.125. The summed E-state index contributed by atoms with van der Waals surface area (Å²) in [4.78, 5) is 4.63. The van der Waals surface area contributed by atoms with Crippen molar-refractivity contribution in [1.29, 1.82) is 0 Å². The summed E-state index contributed by atoms with van der Waals surface area (Å²) in [5.74, 6) is -0.637. The molecule has 2 heteroatoms. The molecule has 0 atom stereocenters. The van der Waals surface area contributed by atoms with Crippen LogP contribution in [0.2, 0.25) is 0 Å². The highest BCUT2D eigenvalue weighted by Crippen LogP contribution is 2.42. The first-order valence-electron chi connectivity index (χ1n) is 9.32. The first-order chi connectivity index (χ1) is 13.0. The summed E-state index contributed by atoms with van der Waals surface area (Å²) < 4.78 is 10.9. The maximum absolute atomic E-state index is 8.35. The number of hydrogen-bond acceptors (Lipinski definition) is 2. The summed E-state index contributed by atoms with van der Waals surface area (Å²) >= 11 is 1.84. The molecule has 0 aliphatic heterocycles. The Bertz CT molecular complexity index is 1310. The second-order valence-corrected chi connectivity index (χ2v) is 7.90. The van der Waals surface area contributed by atoms with E-state index in [1.54, 1.807) is 0 Å². The van der Waals surface area contributed by atoms with Gasteiger partial charge in [0.25, 0.3) is 0 Å². The van der Waals surface area contributed by atoms with Crippen LogP contribution in [0.4, 0.5) is 0 Å². The smallest absolute Gasteiger partial charge is 0.0719 e. The van der Waals surface area contributed by atoms with Crippen LogP contribution >= 0.6 is 11.3 Å². The Hall–Kier alpha value is -2.71. The third-order valence-corrected chi connectivity index (χ3v) is 6.29. The van der Waals surface area contributed by atoms with Gasteiger partial charge in [0.1, 0.15) is 0 Å². The summed E-state index contributed by atoms with van der Waals surface area (Å²) in [6, 6.07) is 23.5. The largest absolute Gasteiger partial charge is 0.256 e. The Morgan fingerprint density at radius 1 is 0.846 bits per heavy atom. The van der Waals surface area contributed by atoms with Gasteiger partial charge >= 0.3 is 0 Å². The Labute approximate surface area is 158 Å². The molecule has 2 aromatic heterocycles. The Balaban J connectivity index is 1.83. The monoisotopic (exact) mass is 354 g/mol. The van der Waals surface area contributed by atoms with E-state index in [1.807, 2.05) is 37.4 Å². The molecule has 0 N–H and O–H groups in total. The number of aromatic nitrogens is 1. The van der Waals surface area contributed by atoms with Gasteiger partial charge in [-0.2, -0.15) is 0 Å². The number of hydrogen-bond donors (Lipinski definition) is 0. The van der Waals surface area contributed by atoms with Crippen molar-refractivity contribution in [2.75, 3.05) is 0 Å². The van der Waals surface area contributed by atoms with E-state index in [2.05, 4.69) is 65.6 Å². The van der Waals surface area contributed by atoms with Crippen LogP contribution in [-0.2, 0) is 0 Å². The van der Waals surface area contributed by atoms with Crippen molar-refractivity contribution in [3.8, 4) is 11.3 Å². The fourth-order valence-electron chi connectivity index (χ4n) is 3.62. The minimum Gasteiger partial charge on any atom is -0.256 e. The molecule has 0 radical (unpaired) electrons. The van der Waals surface area contributed by atoms with Crippen LogP contribution in [0.15, 0.2) is 72.9 Å². The van der Waals surface area contributed by atoms with Crippen LogP contribution < -0.4 is 0 Å². The molecule has 0 saturated heterocycles. The Kier molecular flexibility index (Phi) is 3.30. The van der Waals surface area contributed by atoms with E-state index in [4.69, 9.17) is 1.37 Å². The van der Waals surface area contributed by atoms with Gasteiger partial charge in [-0.15, -0.1) is 11.3 Å². The van der Waals surface area contributed by atoms with E-state index in [9.17, 15) is 0 Å². The Morgan fingerprint density at radius 3 is 2.54 bits per heavy atom. The average molecular weight is 354 g/mol. The normalized spacial score (nSPS) is 12.8. The molecular weight excluding hydrogens is 334 g/mol. The lowest BCUT2D eigenvalue weighted by Crippen LogP contribution is -1.90. The van der Waals surface area contributed by atoms with E-state index in [1.165, 1.54) is 30.9 Å². The lowest BCUT2D eigenvalue weighted by molar-refractivity contribution is 0.864. The molecule has 126 valence electrons. The van der Waals surface area contributed by atoms with Crippen LogP contribution in [0.25, 0.3) is 42.2 Å². The quantitative estimate of drug-likeness (QED) is 0.322.